The van der Waals surface area contributed by atoms with E-state index in [2.05, 4.69) is 11.0 Å². The summed E-state index contributed by atoms with van der Waals surface area (Å²) in [5.74, 6) is 0. The first-order chi connectivity index (χ1) is 3.68. The van der Waals surface area contributed by atoms with Gasteiger partial charge in [0, 0.05) is 6.92 Å². The molecule has 2 nitrogen and oxygen atoms in total. The molecule has 0 aromatic rings. The van der Waals surface area contributed by atoms with Crippen molar-refractivity contribution in [2.45, 2.75) is 13.8 Å². The Morgan fingerprint density at radius 3 is 2.50 bits per heavy atom. The first-order valence-corrected chi connectivity index (χ1v) is 3.35. The van der Waals surface area contributed by atoms with Gasteiger partial charge in [0.1, 0.15) is 16.3 Å². The molecule has 0 rings (SSSR count). The van der Waals surface area contributed by atoms with Crippen molar-refractivity contribution >= 4 is 17.6 Å². The number of rotatable bonds is 2. The van der Waals surface area contributed by atoms with Crippen LogP contribution in [0.4, 0.5) is 0 Å². The van der Waals surface area contributed by atoms with E-state index >= 15 is 0 Å². The van der Waals surface area contributed by atoms with Crippen LogP contribution in [0.1, 0.15) is 13.8 Å². The Bertz CT molecular complexity index is 111. The molecule has 0 saturated heterocycles. The third kappa shape index (κ3) is 2.82. The Morgan fingerprint density at radius 2 is 2.38 bits per heavy atom. The van der Waals surface area contributed by atoms with Crippen LogP contribution in [-0.4, -0.2) is 10.8 Å². The lowest BCUT2D eigenvalue weighted by Crippen LogP contribution is -1.94. The molecule has 0 radical (unpaired) electrons. The van der Waals surface area contributed by atoms with Crippen molar-refractivity contribution in [2.75, 3.05) is 0 Å². The molecular weight excluding hydrogens is 122 g/mol. The Labute approximate surface area is 52.6 Å². The van der Waals surface area contributed by atoms with Crippen molar-refractivity contribution in [3.05, 3.63) is 11.5 Å². The fourth-order valence-corrected chi connectivity index (χ4v) is 0.557. The zero-order valence-corrected chi connectivity index (χ0v) is 5.86. The maximum atomic E-state index is 10.6. The van der Waals surface area contributed by atoms with Crippen molar-refractivity contribution in [3.63, 3.8) is 0 Å². The fourth-order valence-electron chi connectivity index (χ4n) is 0.186. The van der Waals surface area contributed by atoms with Crippen molar-refractivity contribution in [1.29, 1.82) is 0 Å². The molecule has 0 unspecified atom stereocenters. The minimum absolute atomic E-state index is 0.586. The summed E-state index contributed by atoms with van der Waals surface area (Å²) in [6.07, 6.45) is 1.50. The Morgan fingerprint density at radius 1 is 1.88 bits per heavy atom. The molecule has 0 bridgehead atoms. The summed E-state index contributed by atoms with van der Waals surface area (Å²) in [7, 11) is 0. The lowest BCUT2D eigenvalue weighted by atomic mass is 10.8. The van der Waals surface area contributed by atoms with Crippen LogP contribution in [0.3, 0.4) is 0 Å². The summed E-state index contributed by atoms with van der Waals surface area (Å²) in [6, 6.07) is 0. The van der Waals surface area contributed by atoms with Crippen molar-refractivity contribution in [1.82, 2.24) is 0 Å². The Kier molecular flexibility index (Phi) is 3.56. The molecular formula is C5H9NOS. The molecule has 0 N–H and O–H groups in total. The summed E-state index contributed by atoms with van der Waals surface area (Å²) < 4.78 is 14.1. The summed E-state index contributed by atoms with van der Waals surface area (Å²) >= 11 is -1.20. The Balaban J connectivity index is 3.64. The third-order valence-electron chi connectivity index (χ3n) is 0.499. The second-order valence-corrected chi connectivity index (χ2v) is 2.72. The maximum Gasteiger partial charge on any atom is 0.149 e. The fraction of sp³-hybridized carbons (Fsp3) is 0.400. The maximum absolute atomic E-state index is 10.6. The van der Waals surface area contributed by atoms with Gasteiger partial charge in [0.25, 0.3) is 0 Å². The highest BCUT2D eigenvalue weighted by Gasteiger charge is 2.00. The molecule has 8 heavy (non-hydrogen) atoms. The van der Waals surface area contributed by atoms with E-state index in [1.54, 1.807) is 13.8 Å². The van der Waals surface area contributed by atoms with Gasteiger partial charge in [-0.15, -0.1) is 0 Å². The van der Waals surface area contributed by atoms with Crippen LogP contribution in [-0.2, 0) is 11.4 Å². The van der Waals surface area contributed by atoms with Gasteiger partial charge in [-0.2, -0.15) is 0 Å². The minimum atomic E-state index is -1.20. The highest BCUT2D eigenvalue weighted by molar-refractivity contribution is 7.94. The molecule has 0 spiro atoms. The van der Waals surface area contributed by atoms with Crippen LogP contribution in [0.2, 0.25) is 0 Å². The van der Waals surface area contributed by atoms with Gasteiger partial charge in [0.05, 0.1) is 6.21 Å². The largest absolute Gasteiger partial charge is 0.586 e. The molecule has 0 aliphatic rings. The molecule has 0 saturated carbocycles. The molecule has 46 valence electrons. The highest BCUT2D eigenvalue weighted by atomic mass is 32.2. The molecule has 0 aromatic carbocycles. The van der Waals surface area contributed by atoms with Crippen LogP contribution < -0.4 is 0 Å². The predicted molar refractivity (Wildman–Crippen MR) is 37.1 cm³/mol. The van der Waals surface area contributed by atoms with Crippen LogP contribution >= 0.6 is 0 Å². The number of hydrogen-bond acceptors (Lipinski definition) is 2. The van der Waals surface area contributed by atoms with Crippen molar-refractivity contribution in [2.24, 2.45) is 4.40 Å². The molecule has 0 aliphatic heterocycles. The molecule has 3 heteroatoms. The van der Waals surface area contributed by atoms with E-state index in [0.717, 1.165) is 0 Å². The number of nitrogens with zero attached hydrogens (tertiary/aromatic N) is 1. The quantitative estimate of drug-likeness (QED) is 0.410. The average Bonchev–Trinajstić information content (AvgIpc) is 1.67. The zero-order chi connectivity index (χ0) is 6.57. The van der Waals surface area contributed by atoms with Crippen LogP contribution in [0.15, 0.2) is 15.9 Å². The van der Waals surface area contributed by atoms with Gasteiger partial charge in [0.2, 0.25) is 0 Å². The lowest BCUT2D eigenvalue weighted by molar-refractivity contribution is 0.603. The second-order valence-electron chi connectivity index (χ2n) is 1.31. The van der Waals surface area contributed by atoms with Gasteiger partial charge in [0.15, 0.2) is 0 Å². The first kappa shape index (κ1) is 7.72. The van der Waals surface area contributed by atoms with Gasteiger partial charge >= 0.3 is 0 Å². The average molecular weight is 131 g/mol. The SMILES string of the molecule is C=C(C)[S@@+]([O-])/N=C/C. The smallest absolute Gasteiger partial charge is 0.149 e. The predicted octanol–water partition coefficient (Wildman–Crippen LogP) is 1.27. The number of hydrogen-bond donors (Lipinski definition) is 0. The van der Waals surface area contributed by atoms with Gasteiger partial charge < -0.3 is 4.55 Å². The van der Waals surface area contributed by atoms with E-state index in [0.29, 0.717) is 4.91 Å². The first-order valence-electron chi connectivity index (χ1n) is 2.24. The molecule has 0 aliphatic carbocycles. The van der Waals surface area contributed by atoms with E-state index in [9.17, 15) is 4.55 Å². The van der Waals surface area contributed by atoms with Crippen LogP contribution in [0, 0.1) is 0 Å². The third-order valence-corrected chi connectivity index (χ3v) is 1.50. The van der Waals surface area contributed by atoms with Crippen LogP contribution in [0.25, 0.3) is 0 Å². The van der Waals surface area contributed by atoms with Crippen LogP contribution in [0.5, 0.6) is 0 Å². The zero-order valence-electron chi connectivity index (χ0n) is 5.05. The summed E-state index contributed by atoms with van der Waals surface area (Å²) in [4.78, 5) is 0.586. The van der Waals surface area contributed by atoms with Gasteiger partial charge in [-0.25, -0.2) is 0 Å². The normalized spacial score (nSPS) is 14.4. The monoisotopic (exact) mass is 131 g/mol. The van der Waals surface area contributed by atoms with E-state index < -0.39 is 11.4 Å². The van der Waals surface area contributed by atoms with Gasteiger partial charge in [-0.1, -0.05) is 4.40 Å². The lowest BCUT2D eigenvalue weighted by Gasteiger charge is -1.97. The van der Waals surface area contributed by atoms with E-state index in [1.165, 1.54) is 6.21 Å². The molecule has 0 heterocycles. The molecule has 0 aromatic heterocycles. The molecule has 1 atom stereocenters. The highest BCUT2D eigenvalue weighted by Crippen LogP contribution is 2.02. The van der Waals surface area contributed by atoms with E-state index in [4.69, 9.17) is 0 Å². The second kappa shape index (κ2) is 3.69. The summed E-state index contributed by atoms with van der Waals surface area (Å²) in [6.45, 7) is 6.87. The van der Waals surface area contributed by atoms with Gasteiger partial charge in [-0.3, -0.25) is 0 Å². The van der Waals surface area contributed by atoms with Crippen molar-refractivity contribution in [3.8, 4) is 0 Å². The summed E-state index contributed by atoms with van der Waals surface area (Å²) in [5.41, 5.74) is 0. The van der Waals surface area contributed by atoms with Gasteiger partial charge in [-0.05, 0) is 13.5 Å². The minimum Gasteiger partial charge on any atom is -0.586 e. The van der Waals surface area contributed by atoms with E-state index in [-0.39, 0.29) is 0 Å². The van der Waals surface area contributed by atoms with Crippen molar-refractivity contribution < 1.29 is 4.55 Å². The molecule has 0 amide bonds. The summed E-state index contributed by atoms with van der Waals surface area (Å²) in [5, 5.41) is 0. The molecule has 0 fully saturated rings. The standard InChI is InChI=1S/C5H9NOS/c1-4-6-8(7)5(2)3/h4H,2H2,1,3H3/b6-4+/t8-/m1/s1. The van der Waals surface area contributed by atoms with E-state index in [1.807, 2.05) is 0 Å². The number of allylic oxidation sites excluding steroid dienone is 1. The topological polar surface area (TPSA) is 35.4 Å². The Hall–Kier alpha value is -0.280.